The largest absolute Gasteiger partial charge is 0.480 e. The summed E-state index contributed by atoms with van der Waals surface area (Å²) >= 11 is 12.5. The van der Waals surface area contributed by atoms with Crippen LogP contribution in [0, 0.1) is 5.92 Å². The lowest BCUT2D eigenvalue weighted by Gasteiger charge is -2.23. The third-order valence-corrected chi connectivity index (χ3v) is 6.13. The minimum absolute atomic E-state index is 0.0155. The van der Waals surface area contributed by atoms with E-state index in [0.717, 1.165) is 13.1 Å². The maximum Gasteiger partial charge on any atom is 0.328 e. The predicted octanol–water partition coefficient (Wildman–Crippen LogP) is 2.21. The van der Waals surface area contributed by atoms with E-state index in [1.807, 2.05) is 0 Å². The summed E-state index contributed by atoms with van der Waals surface area (Å²) in [4.78, 5) is 48.7. The third-order valence-electron chi connectivity index (χ3n) is 5.53. The number of nitrogens with one attached hydrogen (secondary N) is 4. The van der Waals surface area contributed by atoms with Crippen LogP contribution >= 0.6 is 23.2 Å². The molecule has 36 heavy (non-hydrogen) atoms. The molecule has 2 aromatic rings. The Morgan fingerprint density at radius 2 is 1.83 bits per heavy atom. The van der Waals surface area contributed by atoms with Crippen molar-refractivity contribution >= 4 is 53.0 Å². The molecule has 1 aliphatic rings. The van der Waals surface area contributed by atoms with Gasteiger partial charge in [-0.1, -0.05) is 23.2 Å². The monoisotopic (exact) mass is 536 g/mol. The normalized spacial score (nSPS) is 14.8. The summed E-state index contributed by atoms with van der Waals surface area (Å²) in [6.45, 7) is 1.24. The minimum atomic E-state index is -1.38. The van der Waals surface area contributed by atoms with Gasteiger partial charge >= 0.3 is 5.97 Å². The van der Waals surface area contributed by atoms with Gasteiger partial charge in [0.2, 0.25) is 11.8 Å². The summed E-state index contributed by atoms with van der Waals surface area (Å²) in [5, 5.41) is 20.2. The predicted molar refractivity (Wildman–Crippen MR) is 134 cm³/mol. The van der Waals surface area contributed by atoms with Crippen molar-refractivity contribution in [3.05, 3.63) is 63.5 Å². The zero-order valence-electron chi connectivity index (χ0n) is 19.2. The highest BCUT2D eigenvalue weighted by molar-refractivity contribution is 6.39. The Morgan fingerprint density at radius 1 is 1.14 bits per heavy atom. The topological polar surface area (TPSA) is 150 Å². The summed E-state index contributed by atoms with van der Waals surface area (Å²) in [6, 6.07) is 4.92. The van der Waals surface area contributed by atoms with Crippen LogP contribution in [-0.2, 0) is 20.9 Å². The van der Waals surface area contributed by atoms with Gasteiger partial charge in [-0.05, 0) is 61.8 Å². The van der Waals surface area contributed by atoms with Crippen LogP contribution in [-0.4, -0.2) is 54.5 Å². The first-order chi connectivity index (χ1) is 17.2. The lowest BCUT2D eigenvalue weighted by atomic mass is 9.97. The number of furan rings is 1. The van der Waals surface area contributed by atoms with E-state index >= 15 is 0 Å². The number of carboxylic acids is 1. The van der Waals surface area contributed by atoms with Crippen LogP contribution in [0.1, 0.15) is 34.5 Å². The van der Waals surface area contributed by atoms with Crippen LogP contribution in [0.3, 0.4) is 0 Å². The molecule has 1 atom stereocenters. The van der Waals surface area contributed by atoms with E-state index < -0.39 is 17.9 Å². The first kappa shape index (κ1) is 27.3. The van der Waals surface area contributed by atoms with Crippen molar-refractivity contribution in [3.63, 3.8) is 0 Å². The van der Waals surface area contributed by atoms with Gasteiger partial charge in [0, 0.05) is 25.1 Å². The average molecular weight is 537 g/mol. The lowest BCUT2D eigenvalue weighted by molar-refractivity contribution is -0.139. The molecule has 1 aliphatic heterocycles. The molecule has 0 unspecified atom stereocenters. The molecule has 0 aliphatic carbocycles. The quantitative estimate of drug-likeness (QED) is 0.292. The summed E-state index contributed by atoms with van der Waals surface area (Å²) in [6.07, 6.45) is 5.63. The van der Waals surface area contributed by atoms with Gasteiger partial charge in [-0.25, -0.2) is 4.79 Å². The highest BCUT2D eigenvalue weighted by Gasteiger charge is 2.26. The Morgan fingerprint density at radius 3 is 2.44 bits per heavy atom. The molecule has 192 valence electrons. The SMILES string of the molecule is O=C(/C=C/c1ccco1)NCc1cc(Cl)c(C(=O)N[C@@H](CNC(=O)C2CCNCC2)C(=O)O)c(Cl)c1. The average Bonchev–Trinajstić information content (AvgIpc) is 3.37. The van der Waals surface area contributed by atoms with Crippen molar-refractivity contribution in [2.45, 2.75) is 25.4 Å². The molecule has 12 heteroatoms. The first-order valence-electron chi connectivity index (χ1n) is 11.2. The Hall–Kier alpha value is -3.34. The van der Waals surface area contributed by atoms with E-state index in [4.69, 9.17) is 27.6 Å². The van der Waals surface area contributed by atoms with Crippen LogP contribution in [0.2, 0.25) is 10.0 Å². The van der Waals surface area contributed by atoms with Gasteiger partial charge in [0.1, 0.15) is 11.8 Å². The highest BCUT2D eigenvalue weighted by Crippen LogP contribution is 2.27. The summed E-state index contributed by atoms with van der Waals surface area (Å²) < 4.78 is 5.11. The fraction of sp³-hybridized carbons (Fsp3) is 0.333. The Kier molecular flexibility index (Phi) is 9.92. The number of benzene rings is 1. The van der Waals surface area contributed by atoms with Crippen LogP contribution in [0.5, 0.6) is 0 Å². The van der Waals surface area contributed by atoms with Gasteiger partial charge in [-0.2, -0.15) is 0 Å². The van der Waals surface area contributed by atoms with E-state index in [1.165, 1.54) is 30.5 Å². The summed E-state index contributed by atoms with van der Waals surface area (Å²) in [5.74, 6) is -2.42. The van der Waals surface area contributed by atoms with Crippen molar-refractivity contribution < 1.29 is 28.7 Å². The highest BCUT2D eigenvalue weighted by atomic mass is 35.5. The standard InChI is InChI=1S/C24H26Cl2N4O6/c25-17-10-14(12-28-20(31)4-3-16-2-1-9-36-16)11-18(26)21(17)23(33)30-19(24(34)35)13-29-22(32)15-5-7-27-8-6-15/h1-4,9-11,15,19,27H,5-8,12-13H2,(H,28,31)(H,29,32)(H,30,33)(H,34,35)/b4-3+/t19-/m0/s1. The Labute approximate surface area is 217 Å². The first-order valence-corrected chi connectivity index (χ1v) is 12.0. The van der Waals surface area contributed by atoms with Crippen LogP contribution in [0.25, 0.3) is 6.08 Å². The van der Waals surface area contributed by atoms with Gasteiger partial charge < -0.3 is 30.8 Å². The second-order valence-corrected chi connectivity index (χ2v) is 8.95. The van der Waals surface area contributed by atoms with Gasteiger partial charge in [-0.3, -0.25) is 14.4 Å². The van der Waals surface area contributed by atoms with E-state index in [9.17, 15) is 24.3 Å². The van der Waals surface area contributed by atoms with Crippen molar-refractivity contribution in [2.75, 3.05) is 19.6 Å². The number of carbonyl (C=O) groups excluding carboxylic acids is 3. The number of rotatable bonds is 10. The lowest BCUT2D eigenvalue weighted by Crippen LogP contribution is -2.50. The summed E-state index contributed by atoms with van der Waals surface area (Å²) in [7, 11) is 0. The molecule has 10 nitrogen and oxygen atoms in total. The Balaban J connectivity index is 1.57. The molecular formula is C24H26Cl2N4O6. The molecule has 5 N–H and O–H groups in total. The molecule has 1 saturated heterocycles. The number of aliphatic carboxylic acids is 1. The number of hydrogen-bond donors (Lipinski definition) is 5. The third kappa shape index (κ3) is 7.84. The molecule has 0 bridgehead atoms. The van der Waals surface area contributed by atoms with E-state index in [0.29, 0.717) is 24.2 Å². The molecule has 0 spiro atoms. The fourth-order valence-corrected chi connectivity index (χ4v) is 4.30. The second-order valence-electron chi connectivity index (χ2n) is 8.13. The van der Waals surface area contributed by atoms with Crippen molar-refractivity contribution in [2.24, 2.45) is 5.92 Å². The molecular weight excluding hydrogens is 511 g/mol. The molecule has 0 radical (unpaired) electrons. The molecule has 3 amide bonds. The maximum absolute atomic E-state index is 12.8. The number of carbonyl (C=O) groups is 4. The fourth-order valence-electron chi connectivity index (χ4n) is 3.60. The van der Waals surface area contributed by atoms with Gasteiger partial charge in [0.25, 0.3) is 5.91 Å². The number of halogens is 2. The number of amides is 3. The van der Waals surface area contributed by atoms with Crippen LogP contribution in [0.4, 0.5) is 0 Å². The molecule has 2 heterocycles. The van der Waals surface area contributed by atoms with Gasteiger partial charge in [-0.15, -0.1) is 0 Å². The zero-order chi connectivity index (χ0) is 26.1. The van der Waals surface area contributed by atoms with E-state index in [2.05, 4.69) is 21.3 Å². The second kappa shape index (κ2) is 13.1. The number of hydrogen-bond acceptors (Lipinski definition) is 6. The molecule has 1 aromatic carbocycles. The van der Waals surface area contributed by atoms with Crippen molar-refractivity contribution in [1.29, 1.82) is 0 Å². The maximum atomic E-state index is 12.8. The molecule has 1 aromatic heterocycles. The van der Waals surface area contributed by atoms with E-state index in [-0.39, 0.29) is 46.4 Å². The smallest absolute Gasteiger partial charge is 0.328 e. The van der Waals surface area contributed by atoms with Crippen LogP contribution in [0.15, 0.2) is 41.0 Å². The van der Waals surface area contributed by atoms with E-state index in [1.54, 1.807) is 12.1 Å². The molecule has 3 rings (SSSR count). The molecule has 1 fully saturated rings. The minimum Gasteiger partial charge on any atom is -0.480 e. The van der Waals surface area contributed by atoms with Crippen LogP contribution < -0.4 is 21.3 Å². The summed E-state index contributed by atoms with van der Waals surface area (Å²) in [5.41, 5.74) is 0.423. The molecule has 0 saturated carbocycles. The number of carboxylic acid groups (broad SMARTS) is 1. The number of piperidine rings is 1. The van der Waals surface area contributed by atoms with Gasteiger partial charge in [0.05, 0.1) is 21.9 Å². The van der Waals surface area contributed by atoms with Crippen molar-refractivity contribution in [3.8, 4) is 0 Å². The van der Waals surface area contributed by atoms with Gasteiger partial charge in [0.15, 0.2) is 0 Å². The zero-order valence-corrected chi connectivity index (χ0v) is 20.7. The Bertz CT molecular complexity index is 1110. The van der Waals surface area contributed by atoms with Crippen molar-refractivity contribution in [1.82, 2.24) is 21.3 Å².